The lowest BCUT2D eigenvalue weighted by molar-refractivity contribution is -0.121. The first-order valence-corrected chi connectivity index (χ1v) is 12.0. The highest BCUT2D eigenvalue weighted by Gasteiger charge is 2.41. The van der Waals surface area contributed by atoms with Crippen LogP contribution < -0.4 is 4.90 Å². The average molecular weight is 373 g/mol. The Bertz CT molecular complexity index is 767. The third kappa shape index (κ3) is 3.88. The quantitative estimate of drug-likeness (QED) is 0.766. The Morgan fingerprint density at radius 1 is 1.19 bits per heavy atom. The van der Waals surface area contributed by atoms with Gasteiger partial charge in [0.2, 0.25) is 5.91 Å². The highest BCUT2D eigenvalue weighted by molar-refractivity contribution is 6.74. The molecule has 2 aromatic heterocycles. The lowest BCUT2D eigenvalue weighted by Gasteiger charge is -2.41. The maximum absolute atomic E-state index is 12.7. The number of piperidine rings is 1. The number of hydrogen-bond acceptors (Lipinski definition) is 4. The van der Waals surface area contributed by atoms with Crippen LogP contribution in [0.4, 0.5) is 5.69 Å². The van der Waals surface area contributed by atoms with Crippen molar-refractivity contribution >= 4 is 19.9 Å². The van der Waals surface area contributed by atoms with Crippen molar-refractivity contribution in [3.05, 3.63) is 36.9 Å². The van der Waals surface area contributed by atoms with Gasteiger partial charge in [0, 0.05) is 18.9 Å². The van der Waals surface area contributed by atoms with Gasteiger partial charge in [0.25, 0.3) is 0 Å². The first-order valence-electron chi connectivity index (χ1n) is 9.11. The lowest BCUT2D eigenvalue weighted by Crippen LogP contribution is -2.49. The molecule has 1 fully saturated rings. The molecule has 1 saturated heterocycles. The standard InChI is InChI=1S/C19H28N4O2Si/c1-19(2,3)26(4,5)25-17-8-11-22(18(24)12-17)16-13-21-23(14-16)15-6-9-20-10-7-15/h6-7,9-10,13-14,17H,8,11-12H2,1-5H3. The molecule has 0 radical (unpaired) electrons. The third-order valence-electron chi connectivity index (χ3n) is 5.45. The van der Waals surface area contributed by atoms with Crippen LogP contribution in [-0.4, -0.2) is 41.6 Å². The molecule has 0 bridgehead atoms. The SMILES string of the molecule is CC(C)(C)[Si](C)(C)OC1CCN(c2cnn(-c3ccncc3)c2)C(=O)C1. The second kappa shape index (κ2) is 6.96. The fourth-order valence-electron chi connectivity index (χ4n) is 2.86. The van der Waals surface area contributed by atoms with Crippen LogP contribution in [0.5, 0.6) is 0 Å². The zero-order valence-electron chi connectivity index (χ0n) is 16.3. The van der Waals surface area contributed by atoms with Gasteiger partial charge in [-0.1, -0.05) is 20.8 Å². The van der Waals surface area contributed by atoms with E-state index >= 15 is 0 Å². The van der Waals surface area contributed by atoms with E-state index < -0.39 is 8.32 Å². The summed E-state index contributed by atoms with van der Waals surface area (Å²) in [5, 5.41) is 4.53. The Balaban J connectivity index is 1.67. The number of aromatic nitrogens is 3. The maximum Gasteiger partial charge on any atom is 0.229 e. The molecule has 1 atom stereocenters. The van der Waals surface area contributed by atoms with E-state index in [9.17, 15) is 4.79 Å². The monoisotopic (exact) mass is 372 g/mol. The molecule has 3 heterocycles. The van der Waals surface area contributed by atoms with Gasteiger partial charge in [0.05, 0.1) is 36.3 Å². The van der Waals surface area contributed by atoms with Crippen molar-refractivity contribution in [2.75, 3.05) is 11.4 Å². The Morgan fingerprint density at radius 3 is 2.50 bits per heavy atom. The molecule has 26 heavy (non-hydrogen) atoms. The van der Waals surface area contributed by atoms with Gasteiger partial charge in [-0.2, -0.15) is 5.10 Å². The summed E-state index contributed by atoms with van der Waals surface area (Å²) in [6, 6.07) is 3.77. The van der Waals surface area contributed by atoms with Gasteiger partial charge in [-0.15, -0.1) is 0 Å². The van der Waals surface area contributed by atoms with Crippen LogP contribution in [0.2, 0.25) is 18.1 Å². The normalized spacial score (nSPS) is 19.0. The second-order valence-electron chi connectivity index (χ2n) is 8.39. The smallest absolute Gasteiger partial charge is 0.229 e. The van der Waals surface area contributed by atoms with E-state index in [0.29, 0.717) is 13.0 Å². The van der Waals surface area contributed by atoms with E-state index in [1.807, 2.05) is 23.2 Å². The number of pyridine rings is 1. The molecule has 7 heteroatoms. The fraction of sp³-hybridized carbons (Fsp3) is 0.526. The Kier molecular flexibility index (Phi) is 5.03. The van der Waals surface area contributed by atoms with Crippen LogP contribution >= 0.6 is 0 Å². The molecule has 1 aliphatic rings. The number of nitrogens with zero attached hydrogens (tertiary/aromatic N) is 4. The molecule has 3 rings (SSSR count). The molecule has 1 aliphatic heterocycles. The summed E-state index contributed by atoms with van der Waals surface area (Å²) in [5.74, 6) is 0.106. The number of carbonyl (C=O) groups excluding carboxylic acids is 1. The van der Waals surface area contributed by atoms with Gasteiger partial charge in [-0.3, -0.25) is 9.78 Å². The zero-order chi connectivity index (χ0) is 18.9. The van der Waals surface area contributed by atoms with Crippen LogP contribution in [0, 0.1) is 0 Å². The number of hydrogen-bond donors (Lipinski definition) is 0. The third-order valence-corrected chi connectivity index (χ3v) is 9.99. The van der Waals surface area contributed by atoms with E-state index in [1.54, 1.807) is 23.3 Å². The van der Waals surface area contributed by atoms with Crippen molar-refractivity contribution in [1.29, 1.82) is 0 Å². The largest absolute Gasteiger partial charge is 0.413 e. The van der Waals surface area contributed by atoms with Gasteiger partial charge >= 0.3 is 0 Å². The maximum atomic E-state index is 12.7. The topological polar surface area (TPSA) is 60.2 Å². The minimum atomic E-state index is -1.86. The molecule has 0 N–H and O–H groups in total. The van der Waals surface area contributed by atoms with Crippen LogP contribution in [0.25, 0.3) is 5.69 Å². The summed E-state index contributed by atoms with van der Waals surface area (Å²) in [6.07, 6.45) is 8.41. The summed E-state index contributed by atoms with van der Waals surface area (Å²) < 4.78 is 8.20. The van der Waals surface area contributed by atoms with Gasteiger partial charge < -0.3 is 9.33 Å². The summed E-state index contributed by atoms with van der Waals surface area (Å²) in [6.45, 7) is 11.8. The molecule has 2 aromatic rings. The Labute approximate surface area is 156 Å². The number of carbonyl (C=O) groups is 1. The van der Waals surface area contributed by atoms with Gasteiger partial charge in [-0.05, 0) is 36.7 Å². The van der Waals surface area contributed by atoms with Crippen molar-refractivity contribution in [2.45, 2.75) is 57.8 Å². The predicted molar refractivity (Wildman–Crippen MR) is 105 cm³/mol. The average Bonchev–Trinajstić information content (AvgIpc) is 3.04. The van der Waals surface area contributed by atoms with Gasteiger partial charge in [-0.25, -0.2) is 4.68 Å². The van der Waals surface area contributed by atoms with E-state index in [2.05, 4.69) is 43.9 Å². The minimum Gasteiger partial charge on any atom is -0.413 e. The fourth-order valence-corrected chi connectivity index (χ4v) is 4.25. The lowest BCUT2D eigenvalue weighted by atomic mass is 10.1. The van der Waals surface area contributed by atoms with Gasteiger partial charge in [0.15, 0.2) is 8.32 Å². The summed E-state index contributed by atoms with van der Waals surface area (Å²) >= 11 is 0. The molecule has 1 unspecified atom stereocenters. The molecular weight excluding hydrogens is 344 g/mol. The van der Waals surface area contributed by atoms with Crippen molar-refractivity contribution in [2.24, 2.45) is 0 Å². The second-order valence-corrected chi connectivity index (χ2v) is 13.1. The van der Waals surface area contributed by atoms with Crippen LogP contribution in [0.15, 0.2) is 36.9 Å². The van der Waals surface area contributed by atoms with E-state index in [0.717, 1.165) is 17.8 Å². The molecule has 1 amide bonds. The molecule has 6 nitrogen and oxygen atoms in total. The number of amides is 1. The molecular formula is C19H28N4O2Si. The summed E-state index contributed by atoms with van der Waals surface area (Å²) in [4.78, 5) is 18.5. The highest BCUT2D eigenvalue weighted by Crippen LogP contribution is 2.38. The first-order chi connectivity index (χ1) is 12.2. The van der Waals surface area contributed by atoms with Crippen molar-refractivity contribution in [3.8, 4) is 5.69 Å². The number of rotatable bonds is 4. The van der Waals surface area contributed by atoms with Crippen molar-refractivity contribution in [3.63, 3.8) is 0 Å². The summed E-state index contributed by atoms with van der Waals surface area (Å²) in [7, 11) is -1.86. The minimum absolute atomic E-state index is 0.0230. The van der Waals surface area contributed by atoms with E-state index in [1.165, 1.54) is 0 Å². The van der Waals surface area contributed by atoms with Gasteiger partial charge in [0.1, 0.15) is 0 Å². The molecule has 0 saturated carbocycles. The van der Waals surface area contributed by atoms with Crippen molar-refractivity contribution < 1.29 is 9.22 Å². The van der Waals surface area contributed by atoms with Crippen molar-refractivity contribution in [1.82, 2.24) is 14.8 Å². The van der Waals surface area contributed by atoms with Crippen LogP contribution in [0.3, 0.4) is 0 Å². The van der Waals surface area contributed by atoms with Crippen LogP contribution in [0.1, 0.15) is 33.6 Å². The zero-order valence-corrected chi connectivity index (χ0v) is 17.3. The van der Waals surface area contributed by atoms with E-state index in [-0.39, 0.29) is 17.0 Å². The van der Waals surface area contributed by atoms with Crippen LogP contribution in [-0.2, 0) is 9.22 Å². The Morgan fingerprint density at radius 2 is 1.88 bits per heavy atom. The molecule has 0 aliphatic carbocycles. The predicted octanol–water partition coefficient (Wildman–Crippen LogP) is 3.78. The molecule has 0 spiro atoms. The van der Waals surface area contributed by atoms with E-state index in [4.69, 9.17) is 4.43 Å². The Hall–Kier alpha value is -1.99. The molecule has 140 valence electrons. The number of anilines is 1. The molecule has 0 aromatic carbocycles. The first kappa shape index (κ1) is 18.8. The summed E-state index contributed by atoms with van der Waals surface area (Å²) in [5.41, 5.74) is 1.76. The highest BCUT2D eigenvalue weighted by atomic mass is 28.4.